The molecule has 0 aromatic carbocycles. The van der Waals surface area contributed by atoms with Crippen molar-refractivity contribution in [2.75, 3.05) is 13.2 Å². The smallest absolute Gasteiger partial charge is 0.306 e. The minimum atomic E-state index is -0.819. The molecule has 0 amide bonds. The Balaban J connectivity index is 4.47. The van der Waals surface area contributed by atoms with Crippen LogP contribution in [-0.2, 0) is 28.6 Å². The number of rotatable bonds is 49. The summed E-state index contributed by atoms with van der Waals surface area (Å²) in [5.74, 6) is -1.00. The molecule has 6 heteroatoms. The van der Waals surface area contributed by atoms with Gasteiger partial charge < -0.3 is 14.2 Å². The third-order valence-electron chi connectivity index (χ3n) is 11.7. The number of allylic oxidation sites excluding steroid dienone is 12. The van der Waals surface area contributed by atoms with E-state index in [1.54, 1.807) is 0 Å². The maximum atomic E-state index is 12.8. The lowest BCUT2D eigenvalue weighted by molar-refractivity contribution is -0.166. The molecule has 0 fully saturated rings. The summed E-state index contributed by atoms with van der Waals surface area (Å²) < 4.78 is 16.7. The molecule has 1 unspecified atom stereocenters. The highest BCUT2D eigenvalue weighted by molar-refractivity contribution is 5.71. The Morgan fingerprint density at radius 3 is 1.02 bits per heavy atom. The van der Waals surface area contributed by atoms with E-state index in [1.807, 2.05) is 12.2 Å². The lowest BCUT2D eigenvalue weighted by Gasteiger charge is -2.18. The van der Waals surface area contributed by atoms with Gasteiger partial charge in [-0.1, -0.05) is 241 Å². The zero-order valence-corrected chi connectivity index (χ0v) is 42.7. The van der Waals surface area contributed by atoms with Gasteiger partial charge in [-0.05, 0) is 77.0 Å². The predicted octanol–water partition coefficient (Wildman–Crippen LogP) is 18.2. The highest BCUT2D eigenvalue weighted by atomic mass is 16.6. The van der Waals surface area contributed by atoms with Crippen LogP contribution in [-0.4, -0.2) is 37.2 Å². The normalized spacial score (nSPS) is 12.6. The van der Waals surface area contributed by atoms with Gasteiger partial charge in [0.1, 0.15) is 13.2 Å². The Bertz CT molecular complexity index is 1230. The fraction of sp³-hybridized carbons (Fsp3) is 0.746. The van der Waals surface area contributed by atoms with E-state index in [2.05, 4.69) is 81.5 Å². The largest absolute Gasteiger partial charge is 0.462 e. The molecular weight excluding hydrogens is 805 g/mol. The summed E-state index contributed by atoms with van der Waals surface area (Å²) in [5, 5.41) is 0. The van der Waals surface area contributed by atoms with Crippen molar-refractivity contribution in [3.05, 3.63) is 72.9 Å². The van der Waals surface area contributed by atoms with Crippen LogP contribution in [0, 0.1) is 0 Å². The van der Waals surface area contributed by atoms with Gasteiger partial charge in [-0.3, -0.25) is 14.4 Å². The van der Waals surface area contributed by atoms with Gasteiger partial charge in [-0.25, -0.2) is 0 Å². The number of carbonyl (C=O) groups excluding carboxylic acids is 3. The number of esters is 3. The number of unbranched alkanes of at least 4 members (excludes halogenated alkanes) is 26. The maximum absolute atomic E-state index is 12.8. The fourth-order valence-corrected chi connectivity index (χ4v) is 7.60. The average molecular weight is 907 g/mol. The van der Waals surface area contributed by atoms with Crippen LogP contribution in [0.3, 0.4) is 0 Å². The molecule has 0 heterocycles. The summed E-state index contributed by atoms with van der Waals surface area (Å²) in [7, 11) is 0. The Morgan fingerprint density at radius 1 is 0.323 bits per heavy atom. The van der Waals surface area contributed by atoms with Gasteiger partial charge in [0.2, 0.25) is 0 Å². The maximum Gasteiger partial charge on any atom is 0.306 e. The van der Waals surface area contributed by atoms with Crippen LogP contribution in [0.5, 0.6) is 0 Å². The van der Waals surface area contributed by atoms with Crippen LogP contribution in [0.25, 0.3) is 0 Å². The van der Waals surface area contributed by atoms with E-state index in [0.29, 0.717) is 19.3 Å². The second-order valence-corrected chi connectivity index (χ2v) is 18.1. The molecule has 0 rings (SSSR count). The minimum Gasteiger partial charge on any atom is -0.462 e. The van der Waals surface area contributed by atoms with Crippen LogP contribution in [0.1, 0.15) is 265 Å². The van der Waals surface area contributed by atoms with Crippen molar-refractivity contribution in [3.8, 4) is 0 Å². The third kappa shape index (κ3) is 51.7. The SMILES string of the molecule is CC/C=C\C/C=C\C/C=C\C/C=C\C/C=C\CCC(=O)OC(COC(=O)CCCCC/C=C\CCCCCCCCC)COC(=O)CCCCCCCCCCCCCCCCCCC. The van der Waals surface area contributed by atoms with Gasteiger partial charge in [0.15, 0.2) is 6.10 Å². The molecule has 0 radical (unpaired) electrons. The number of ether oxygens (including phenoxy) is 3. The quantitative estimate of drug-likeness (QED) is 0.0262. The minimum absolute atomic E-state index is 0.107. The molecule has 0 aliphatic heterocycles. The summed E-state index contributed by atoms with van der Waals surface area (Å²) in [6.45, 7) is 6.46. The van der Waals surface area contributed by atoms with E-state index in [0.717, 1.165) is 83.5 Å². The average Bonchev–Trinajstić information content (AvgIpc) is 3.30. The summed E-state index contributed by atoms with van der Waals surface area (Å²) in [6, 6.07) is 0. The molecule has 1 atom stereocenters. The predicted molar refractivity (Wildman–Crippen MR) is 279 cm³/mol. The highest BCUT2D eigenvalue weighted by Crippen LogP contribution is 2.15. The highest BCUT2D eigenvalue weighted by Gasteiger charge is 2.19. The second-order valence-electron chi connectivity index (χ2n) is 18.1. The van der Waals surface area contributed by atoms with E-state index < -0.39 is 12.1 Å². The van der Waals surface area contributed by atoms with Gasteiger partial charge in [0, 0.05) is 19.3 Å². The van der Waals surface area contributed by atoms with Crippen LogP contribution < -0.4 is 0 Å². The van der Waals surface area contributed by atoms with Crippen LogP contribution >= 0.6 is 0 Å². The number of hydrogen-bond donors (Lipinski definition) is 0. The van der Waals surface area contributed by atoms with Crippen molar-refractivity contribution in [1.29, 1.82) is 0 Å². The standard InChI is InChI=1S/C59H102O6/c1-4-7-10-13-16-19-22-25-28-30-32-34-37-40-43-46-49-52-58(61)64-55-56(54-63-57(60)51-48-45-42-39-36-33-27-24-21-18-15-12-9-6-3)65-59(62)53-50-47-44-41-38-35-31-29-26-23-20-17-14-11-8-5-2/h8,11,17,20,26,29,33,35-36,38,44,47,56H,4-7,9-10,12-16,18-19,21-25,27-28,30-32,34,37,39-43,45-46,48-55H2,1-3H3/b11-8-,20-17-,29-26-,36-33-,38-35-,47-44-. The van der Waals surface area contributed by atoms with E-state index >= 15 is 0 Å². The molecular formula is C59H102O6. The summed E-state index contributed by atoms with van der Waals surface area (Å²) in [4.78, 5) is 38.0. The Morgan fingerprint density at radius 2 is 0.631 bits per heavy atom. The number of hydrogen-bond acceptors (Lipinski definition) is 6. The molecule has 0 bridgehead atoms. The van der Waals surface area contributed by atoms with Gasteiger partial charge in [-0.15, -0.1) is 0 Å². The Hall–Kier alpha value is -3.15. The molecule has 0 N–H and O–H groups in total. The number of carbonyl (C=O) groups is 3. The molecule has 0 aliphatic rings. The lowest BCUT2D eigenvalue weighted by Crippen LogP contribution is -2.30. The molecule has 6 nitrogen and oxygen atoms in total. The van der Waals surface area contributed by atoms with Crippen molar-refractivity contribution in [1.82, 2.24) is 0 Å². The zero-order valence-electron chi connectivity index (χ0n) is 42.7. The van der Waals surface area contributed by atoms with Crippen molar-refractivity contribution in [2.45, 2.75) is 271 Å². The van der Waals surface area contributed by atoms with Crippen molar-refractivity contribution < 1.29 is 28.6 Å². The summed E-state index contributed by atoms with van der Waals surface area (Å²) in [5.41, 5.74) is 0. The molecule has 0 aromatic rings. The van der Waals surface area contributed by atoms with E-state index in [9.17, 15) is 14.4 Å². The van der Waals surface area contributed by atoms with Crippen molar-refractivity contribution >= 4 is 17.9 Å². The van der Waals surface area contributed by atoms with E-state index in [-0.39, 0.29) is 31.6 Å². The van der Waals surface area contributed by atoms with Gasteiger partial charge >= 0.3 is 17.9 Å². The van der Waals surface area contributed by atoms with Gasteiger partial charge in [0.25, 0.3) is 0 Å². The first-order valence-corrected chi connectivity index (χ1v) is 27.4. The van der Waals surface area contributed by atoms with E-state index in [4.69, 9.17) is 14.2 Å². The molecule has 374 valence electrons. The first-order valence-electron chi connectivity index (χ1n) is 27.4. The van der Waals surface area contributed by atoms with Crippen LogP contribution in [0.15, 0.2) is 72.9 Å². The molecule has 0 saturated carbocycles. The summed E-state index contributed by atoms with van der Waals surface area (Å²) >= 11 is 0. The Labute approximate surface area is 402 Å². The van der Waals surface area contributed by atoms with E-state index in [1.165, 1.54) is 135 Å². The molecule has 0 aliphatic carbocycles. The molecule has 0 aromatic heterocycles. The lowest BCUT2D eigenvalue weighted by atomic mass is 10.0. The Kier molecular flexibility index (Phi) is 50.9. The third-order valence-corrected chi connectivity index (χ3v) is 11.7. The molecule has 65 heavy (non-hydrogen) atoms. The zero-order chi connectivity index (χ0) is 47.2. The molecule has 0 spiro atoms. The fourth-order valence-electron chi connectivity index (χ4n) is 7.60. The van der Waals surface area contributed by atoms with Gasteiger partial charge in [-0.2, -0.15) is 0 Å². The molecule has 0 saturated heterocycles. The van der Waals surface area contributed by atoms with Gasteiger partial charge in [0.05, 0.1) is 0 Å². The first kappa shape index (κ1) is 61.9. The van der Waals surface area contributed by atoms with Crippen molar-refractivity contribution in [3.63, 3.8) is 0 Å². The van der Waals surface area contributed by atoms with Crippen molar-refractivity contribution in [2.24, 2.45) is 0 Å². The van der Waals surface area contributed by atoms with Crippen LogP contribution in [0.4, 0.5) is 0 Å². The van der Waals surface area contributed by atoms with Crippen LogP contribution in [0.2, 0.25) is 0 Å². The monoisotopic (exact) mass is 907 g/mol. The first-order chi connectivity index (χ1) is 32.0. The second kappa shape index (κ2) is 53.5. The summed E-state index contributed by atoms with van der Waals surface area (Å²) in [6.07, 6.45) is 67.6. The topological polar surface area (TPSA) is 78.9 Å².